The van der Waals surface area contributed by atoms with Crippen LogP contribution in [0.25, 0.3) is 0 Å². The quantitative estimate of drug-likeness (QED) is 0.632. The van der Waals surface area contributed by atoms with Gasteiger partial charge in [0.1, 0.15) is 11.5 Å². The molecule has 1 aliphatic rings. The van der Waals surface area contributed by atoms with Gasteiger partial charge < -0.3 is 5.32 Å². The summed E-state index contributed by atoms with van der Waals surface area (Å²) in [5, 5.41) is 13.9. The van der Waals surface area contributed by atoms with Crippen molar-refractivity contribution in [3.8, 4) is 0 Å². The molecule has 0 amide bonds. The van der Waals surface area contributed by atoms with Gasteiger partial charge in [-0.1, -0.05) is 6.92 Å². The molecule has 1 aromatic rings. The molecule has 5 heteroatoms. The van der Waals surface area contributed by atoms with Crippen LogP contribution in [0.5, 0.6) is 0 Å². The molecule has 1 saturated carbocycles. The third-order valence-electron chi connectivity index (χ3n) is 3.13. The molecule has 1 aromatic carbocycles. The van der Waals surface area contributed by atoms with Gasteiger partial charge in [0.05, 0.1) is 4.92 Å². The number of benzene rings is 1. The molecule has 0 saturated heterocycles. The number of hydrogen-bond acceptors (Lipinski definition) is 3. The van der Waals surface area contributed by atoms with E-state index >= 15 is 0 Å². The van der Waals surface area contributed by atoms with Crippen LogP contribution in [0.1, 0.15) is 26.2 Å². The minimum atomic E-state index is -0.485. The summed E-state index contributed by atoms with van der Waals surface area (Å²) in [6.07, 6.45) is 3.18. The Bertz CT molecular complexity index is 433. The molecule has 0 aliphatic heterocycles. The van der Waals surface area contributed by atoms with E-state index < -0.39 is 10.7 Å². The molecule has 0 radical (unpaired) electrons. The summed E-state index contributed by atoms with van der Waals surface area (Å²) in [6.45, 7) is 2.03. The standard InChI is InChI=1S/C12H15FN2O2/c1-2-10(8-3-4-8)14-11-7-9(13)5-6-12(11)15(16)17/h5-8,10,14H,2-4H2,1H3. The zero-order valence-corrected chi connectivity index (χ0v) is 9.65. The number of hydrogen-bond donors (Lipinski definition) is 1. The van der Waals surface area contributed by atoms with Gasteiger partial charge in [-0.3, -0.25) is 10.1 Å². The van der Waals surface area contributed by atoms with Crippen molar-refractivity contribution in [2.75, 3.05) is 5.32 Å². The van der Waals surface area contributed by atoms with E-state index in [1.807, 2.05) is 6.92 Å². The Hall–Kier alpha value is -1.65. The van der Waals surface area contributed by atoms with Crippen LogP contribution in [0.2, 0.25) is 0 Å². The average molecular weight is 238 g/mol. The monoisotopic (exact) mass is 238 g/mol. The Balaban J connectivity index is 2.22. The molecular formula is C12H15FN2O2. The maximum absolute atomic E-state index is 13.1. The Morgan fingerprint density at radius 1 is 1.59 bits per heavy atom. The molecule has 4 nitrogen and oxygen atoms in total. The van der Waals surface area contributed by atoms with Gasteiger partial charge in [-0.2, -0.15) is 0 Å². The number of rotatable bonds is 5. The molecule has 0 aromatic heterocycles. The summed E-state index contributed by atoms with van der Waals surface area (Å²) in [5.41, 5.74) is 0.222. The van der Waals surface area contributed by atoms with Gasteiger partial charge in [-0.15, -0.1) is 0 Å². The summed E-state index contributed by atoms with van der Waals surface area (Å²) in [7, 11) is 0. The summed E-state index contributed by atoms with van der Waals surface area (Å²) < 4.78 is 13.1. The lowest BCUT2D eigenvalue weighted by Crippen LogP contribution is -2.21. The van der Waals surface area contributed by atoms with Gasteiger partial charge in [0.15, 0.2) is 0 Å². The molecule has 0 heterocycles. The first kappa shape index (κ1) is 11.8. The van der Waals surface area contributed by atoms with E-state index in [2.05, 4.69) is 5.32 Å². The SMILES string of the molecule is CCC(Nc1cc(F)ccc1[N+](=O)[O-])C1CC1. The van der Waals surface area contributed by atoms with Crippen molar-refractivity contribution < 1.29 is 9.31 Å². The highest BCUT2D eigenvalue weighted by Gasteiger charge is 2.31. The molecule has 1 atom stereocenters. The first-order valence-electron chi connectivity index (χ1n) is 5.82. The topological polar surface area (TPSA) is 55.2 Å². The first-order valence-corrected chi connectivity index (χ1v) is 5.82. The van der Waals surface area contributed by atoms with E-state index in [0.717, 1.165) is 25.3 Å². The Morgan fingerprint density at radius 3 is 2.82 bits per heavy atom. The average Bonchev–Trinajstić information content (AvgIpc) is 3.09. The van der Waals surface area contributed by atoms with E-state index in [9.17, 15) is 14.5 Å². The second kappa shape index (κ2) is 4.69. The lowest BCUT2D eigenvalue weighted by atomic mass is 10.1. The molecule has 1 unspecified atom stereocenters. The number of nitro groups is 1. The van der Waals surface area contributed by atoms with E-state index in [-0.39, 0.29) is 17.4 Å². The van der Waals surface area contributed by atoms with Crippen LogP contribution < -0.4 is 5.32 Å². The van der Waals surface area contributed by atoms with Crippen LogP contribution in [0, 0.1) is 21.8 Å². The first-order chi connectivity index (χ1) is 8.11. The molecule has 92 valence electrons. The minimum Gasteiger partial charge on any atom is -0.376 e. The molecule has 0 spiro atoms. The Morgan fingerprint density at radius 2 is 2.29 bits per heavy atom. The number of nitro benzene ring substituents is 1. The second-order valence-corrected chi connectivity index (χ2v) is 4.42. The number of nitrogens with one attached hydrogen (secondary N) is 1. The number of nitrogens with zero attached hydrogens (tertiary/aromatic N) is 1. The van der Waals surface area contributed by atoms with Crippen molar-refractivity contribution in [1.82, 2.24) is 0 Å². The highest BCUT2D eigenvalue weighted by molar-refractivity contribution is 5.62. The van der Waals surface area contributed by atoms with E-state index in [0.29, 0.717) is 5.92 Å². The fourth-order valence-electron chi connectivity index (χ4n) is 2.03. The summed E-state index contributed by atoms with van der Waals surface area (Å²) in [6, 6.07) is 3.72. The lowest BCUT2D eigenvalue weighted by Gasteiger charge is -2.17. The van der Waals surface area contributed by atoms with Gasteiger partial charge in [-0.25, -0.2) is 4.39 Å². The Labute approximate surface area is 99.0 Å². The third-order valence-corrected chi connectivity index (χ3v) is 3.13. The van der Waals surface area contributed by atoms with Crippen molar-refractivity contribution in [2.45, 2.75) is 32.2 Å². The zero-order valence-electron chi connectivity index (χ0n) is 9.65. The van der Waals surface area contributed by atoms with Crippen molar-refractivity contribution in [3.05, 3.63) is 34.1 Å². The molecule has 1 N–H and O–H groups in total. The van der Waals surface area contributed by atoms with Crippen LogP contribution in [0.15, 0.2) is 18.2 Å². The fourth-order valence-corrected chi connectivity index (χ4v) is 2.03. The molecular weight excluding hydrogens is 223 g/mol. The molecule has 1 fully saturated rings. The third kappa shape index (κ3) is 2.72. The van der Waals surface area contributed by atoms with Crippen molar-refractivity contribution in [2.24, 2.45) is 5.92 Å². The molecule has 17 heavy (non-hydrogen) atoms. The van der Waals surface area contributed by atoms with Crippen molar-refractivity contribution >= 4 is 11.4 Å². The van der Waals surface area contributed by atoms with Crippen LogP contribution in [0.3, 0.4) is 0 Å². The second-order valence-electron chi connectivity index (χ2n) is 4.42. The largest absolute Gasteiger partial charge is 0.376 e. The van der Waals surface area contributed by atoms with Gasteiger partial charge in [0.2, 0.25) is 0 Å². The van der Waals surface area contributed by atoms with Gasteiger partial charge in [-0.05, 0) is 31.2 Å². The maximum Gasteiger partial charge on any atom is 0.292 e. The van der Waals surface area contributed by atoms with Crippen molar-refractivity contribution in [1.29, 1.82) is 0 Å². The van der Waals surface area contributed by atoms with E-state index in [1.165, 1.54) is 12.1 Å². The smallest absolute Gasteiger partial charge is 0.292 e. The molecule has 0 bridgehead atoms. The predicted molar refractivity (Wildman–Crippen MR) is 63.5 cm³/mol. The minimum absolute atomic E-state index is 0.0644. The number of halogens is 1. The van der Waals surface area contributed by atoms with Gasteiger partial charge in [0, 0.05) is 18.2 Å². The normalized spacial score (nSPS) is 16.6. The van der Waals surface area contributed by atoms with E-state index in [4.69, 9.17) is 0 Å². The highest BCUT2D eigenvalue weighted by atomic mass is 19.1. The van der Waals surface area contributed by atoms with Gasteiger partial charge >= 0.3 is 0 Å². The zero-order chi connectivity index (χ0) is 12.4. The lowest BCUT2D eigenvalue weighted by molar-refractivity contribution is -0.384. The summed E-state index contributed by atoms with van der Waals surface area (Å²) in [4.78, 5) is 10.3. The molecule has 2 rings (SSSR count). The van der Waals surface area contributed by atoms with Crippen LogP contribution in [-0.4, -0.2) is 11.0 Å². The molecule has 1 aliphatic carbocycles. The predicted octanol–water partition coefficient (Wildman–Crippen LogP) is 3.33. The summed E-state index contributed by atoms with van der Waals surface area (Å²) in [5.74, 6) is 0.117. The van der Waals surface area contributed by atoms with Gasteiger partial charge in [0.25, 0.3) is 5.69 Å². The van der Waals surface area contributed by atoms with Crippen LogP contribution in [0.4, 0.5) is 15.8 Å². The summed E-state index contributed by atoms with van der Waals surface area (Å²) >= 11 is 0. The highest BCUT2D eigenvalue weighted by Crippen LogP contribution is 2.37. The number of anilines is 1. The van der Waals surface area contributed by atoms with E-state index in [1.54, 1.807) is 0 Å². The fraction of sp³-hybridized carbons (Fsp3) is 0.500. The Kier molecular flexibility index (Phi) is 3.26. The van der Waals surface area contributed by atoms with Crippen LogP contribution in [-0.2, 0) is 0 Å². The maximum atomic E-state index is 13.1. The van der Waals surface area contributed by atoms with Crippen molar-refractivity contribution in [3.63, 3.8) is 0 Å². The van der Waals surface area contributed by atoms with Crippen LogP contribution >= 0.6 is 0 Å².